The van der Waals surface area contributed by atoms with Gasteiger partial charge in [-0.2, -0.15) is 0 Å². The smallest absolute Gasteiger partial charge is 0.324 e. The van der Waals surface area contributed by atoms with Crippen LogP contribution in [-0.4, -0.2) is 35.4 Å². The van der Waals surface area contributed by atoms with E-state index in [4.69, 9.17) is 9.94 Å². The van der Waals surface area contributed by atoms with Crippen LogP contribution in [0.3, 0.4) is 0 Å². The standard InChI is InChI=1S/C16H22N2O4/c1-4-22-15(20)13(11-17-21)14(19)18-16(2,3)10-12-8-6-5-7-9-12/h5-9,11,13,21H,4,10H2,1-3H3,(H,18,19). The van der Waals surface area contributed by atoms with Gasteiger partial charge in [-0.1, -0.05) is 30.3 Å². The number of benzene rings is 1. The maximum Gasteiger partial charge on any atom is 0.324 e. The maximum atomic E-state index is 12.2. The molecule has 6 heteroatoms. The van der Waals surface area contributed by atoms with Gasteiger partial charge in [0.25, 0.3) is 0 Å². The molecular formula is C16H22N2O4. The second kappa shape index (κ2) is 8.17. The zero-order valence-corrected chi connectivity index (χ0v) is 13.1. The van der Waals surface area contributed by atoms with Crippen molar-refractivity contribution in [2.75, 3.05) is 6.61 Å². The largest absolute Gasteiger partial charge is 0.465 e. The maximum absolute atomic E-state index is 12.2. The Morgan fingerprint density at radius 1 is 1.36 bits per heavy atom. The summed E-state index contributed by atoms with van der Waals surface area (Å²) in [6, 6.07) is 9.70. The highest BCUT2D eigenvalue weighted by atomic mass is 16.5. The van der Waals surface area contributed by atoms with Crippen molar-refractivity contribution in [1.29, 1.82) is 0 Å². The van der Waals surface area contributed by atoms with Crippen LogP contribution in [0, 0.1) is 5.92 Å². The summed E-state index contributed by atoms with van der Waals surface area (Å²) in [7, 11) is 0. The van der Waals surface area contributed by atoms with Gasteiger partial charge in [0.05, 0.1) is 12.8 Å². The zero-order chi connectivity index (χ0) is 16.6. The van der Waals surface area contributed by atoms with Gasteiger partial charge in [0, 0.05) is 5.54 Å². The summed E-state index contributed by atoms with van der Waals surface area (Å²) in [6.45, 7) is 5.50. The number of carbonyl (C=O) groups excluding carboxylic acids is 2. The van der Waals surface area contributed by atoms with E-state index in [0.717, 1.165) is 11.8 Å². The van der Waals surface area contributed by atoms with Crippen LogP contribution in [0.2, 0.25) is 0 Å². The minimum Gasteiger partial charge on any atom is -0.465 e. The third-order valence-electron chi connectivity index (χ3n) is 2.99. The molecule has 0 saturated carbocycles. The summed E-state index contributed by atoms with van der Waals surface area (Å²) in [5.41, 5.74) is 0.503. The van der Waals surface area contributed by atoms with E-state index in [-0.39, 0.29) is 6.61 Å². The third-order valence-corrected chi connectivity index (χ3v) is 2.99. The highest BCUT2D eigenvalue weighted by Gasteiger charge is 2.31. The molecule has 2 N–H and O–H groups in total. The molecule has 1 amide bonds. The Labute approximate surface area is 130 Å². The van der Waals surface area contributed by atoms with Crippen molar-refractivity contribution in [2.45, 2.75) is 32.7 Å². The summed E-state index contributed by atoms with van der Waals surface area (Å²) in [6.07, 6.45) is 1.47. The Morgan fingerprint density at radius 2 is 2.00 bits per heavy atom. The molecule has 1 unspecified atom stereocenters. The molecular weight excluding hydrogens is 284 g/mol. The fourth-order valence-electron chi connectivity index (χ4n) is 2.10. The van der Waals surface area contributed by atoms with Crippen LogP contribution in [-0.2, 0) is 20.7 Å². The van der Waals surface area contributed by atoms with E-state index in [9.17, 15) is 9.59 Å². The number of hydrogen-bond acceptors (Lipinski definition) is 5. The Hall–Kier alpha value is -2.37. The Bertz CT molecular complexity index is 526. The molecule has 22 heavy (non-hydrogen) atoms. The van der Waals surface area contributed by atoms with Gasteiger partial charge in [0.2, 0.25) is 5.91 Å². The number of esters is 1. The van der Waals surface area contributed by atoms with Crippen LogP contribution < -0.4 is 5.32 Å². The lowest BCUT2D eigenvalue weighted by molar-refractivity contribution is -0.149. The lowest BCUT2D eigenvalue weighted by atomic mass is 9.94. The monoisotopic (exact) mass is 306 g/mol. The number of carbonyl (C=O) groups is 2. The van der Waals surface area contributed by atoms with Gasteiger partial charge in [-0.25, -0.2) is 0 Å². The summed E-state index contributed by atoms with van der Waals surface area (Å²) in [4.78, 5) is 24.0. The first kappa shape index (κ1) is 17.7. The zero-order valence-electron chi connectivity index (χ0n) is 13.1. The molecule has 6 nitrogen and oxygen atoms in total. The van der Waals surface area contributed by atoms with Crippen molar-refractivity contribution in [1.82, 2.24) is 5.32 Å². The molecule has 1 atom stereocenters. The fourth-order valence-corrected chi connectivity index (χ4v) is 2.10. The van der Waals surface area contributed by atoms with E-state index in [1.807, 2.05) is 44.2 Å². The van der Waals surface area contributed by atoms with E-state index in [1.54, 1.807) is 6.92 Å². The van der Waals surface area contributed by atoms with E-state index < -0.39 is 23.3 Å². The highest BCUT2D eigenvalue weighted by Crippen LogP contribution is 2.13. The van der Waals surface area contributed by atoms with E-state index in [2.05, 4.69) is 10.5 Å². The molecule has 0 aliphatic rings. The number of nitrogens with one attached hydrogen (secondary N) is 1. The van der Waals surface area contributed by atoms with Crippen molar-refractivity contribution >= 4 is 18.1 Å². The topological polar surface area (TPSA) is 88.0 Å². The van der Waals surface area contributed by atoms with Gasteiger partial charge in [-0.15, -0.1) is 5.16 Å². The minimum absolute atomic E-state index is 0.148. The molecule has 1 aromatic rings. The average Bonchev–Trinajstić information content (AvgIpc) is 2.44. The van der Waals surface area contributed by atoms with Crippen molar-refractivity contribution in [3.8, 4) is 0 Å². The van der Waals surface area contributed by atoms with Gasteiger partial charge in [-0.05, 0) is 32.8 Å². The van der Waals surface area contributed by atoms with Crippen LogP contribution in [0.25, 0.3) is 0 Å². The molecule has 1 rings (SSSR count). The predicted octanol–water partition coefficient (Wildman–Crippen LogP) is 1.76. The van der Waals surface area contributed by atoms with Crippen molar-refractivity contribution in [2.24, 2.45) is 11.1 Å². The Balaban J connectivity index is 2.76. The van der Waals surface area contributed by atoms with Gasteiger partial charge in [-0.3, -0.25) is 9.59 Å². The van der Waals surface area contributed by atoms with Gasteiger partial charge in [0.1, 0.15) is 0 Å². The van der Waals surface area contributed by atoms with Gasteiger partial charge in [0.15, 0.2) is 5.92 Å². The second-order valence-corrected chi connectivity index (χ2v) is 5.53. The molecule has 1 aromatic carbocycles. The lowest BCUT2D eigenvalue weighted by Crippen LogP contribution is -2.49. The van der Waals surface area contributed by atoms with Crippen molar-refractivity contribution in [3.05, 3.63) is 35.9 Å². The molecule has 0 spiro atoms. The number of hydrogen-bond donors (Lipinski definition) is 2. The lowest BCUT2D eigenvalue weighted by Gasteiger charge is -2.27. The molecule has 0 radical (unpaired) electrons. The average molecular weight is 306 g/mol. The fraction of sp³-hybridized carbons (Fsp3) is 0.438. The summed E-state index contributed by atoms with van der Waals surface area (Å²) >= 11 is 0. The van der Waals surface area contributed by atoms with Gasteiger partial charge >= 0.3 is 5.97 Å². The molecule has 0 aliphatic heterocycles. The number of nitrogens with zero attached hydrogens (tertiary/aromatic N) is 1. The Morgan fingerprint density at radius 3 is 2.55 bits per heavy atom. The summed E-state index contributed by atoms with van der Waals surface area (Å²) in [5, 5.41) is 14.2. The van der Waals surface area contributed by atoms with Crippen molar-refractivity contribution < 1.29 is 19.5 Å². The van der Waals surface area contributed by atoms with E-state index in [1.165, 1.54) is 0 Å². The van der Waals surface area contributed by atoms with Gasteiger partial charge < -0.3 is 15.3 Å². The summed E-state index contributed by atoms with van der Waals surface area (Å²) in [5.74, 6) is -2.56. The SMILES string of the molecule is CCOC(=O)C(C=NO)C(=O)NC(C)(C)Cc1ccccc1. The number of rotatable bonds is 7. The van der Waals surface area contributed by atoms with Crippen LogP contribution in [0.4, 0.5) is 0 Å². The molecule has 0 heterocycles. The quantitative estimate of drug-likeness (QED) is 0.264. The molecule has 0 saturated heterocycles. The third kappa shape index (κ3) is 5.55. The number of oxime groups is 1. The predicted molar refractivity (Wildman–Crippen MR) is 82.8 cm³/mol. The molecule has 0 aromatic heterocycles. The van der Waals surface area contributed by atoms with Crippen LogP contribution in [0.1, 0.15) is 26.3 Å². The van der Waals surface area contributed by atoms with E-state index >= 15 is 0 Å². The normalized spacial score (nSPS) is 12.9. The number of amides is 1. The van der Waals surface area contributed by atoms with Crippen LogP contribution in [0.5, 0.6) is 0 Å². The van der Waals surface area contributed by atoms with E-state index in [0.29, 0.717) is 6.42 Å². The summed E-state index contributed by atoms with van der Waals surface area (Å²) < 4.78 is 4.81. The van der Waals surface area contributed by atoms with Crippen LogP contribution in [0.15, 0.2) is 35.5 Å². The molecule has 120 valence electrons. The molecule has 0 bridgehead atoms. The minimum atomic E-state index is -1.26. The highest BCUT2D eigenvalue weighted by molar-refractivity contribution is 6.11. The van der Waals surface area contributed by atoms with Crippen LogP contribution >= 0.6 is 0 Å². The first-order chi connectivity index (χ1) is 10.4. The number of ether oxygens (including phenoxy) is 1. The first-order valence-corrected chi connectivity index (χ1v) is 7.09. The molecule has 0 fully saturated rings. The Kier molecular flexibility index (Phi) is 6.56. The second-order valence-electron chi connectivity index (χ2n) is 5.53. The molecule has 0 aliphatic carbocycles. The van der Waals surface area contributed by atoms with Crippen molar-refractivity contribution in [3.63, 3.8) is 0 Å². The first-order valence-electron chi connectivity index (χ1n) is 7.09.